The van der Waals surface area contributed by atoms with Gasteiger partial charge < -0.3 is 4.74 Å². The molecule has 3 nitrogen and oxygen atoms in total. The minimum absolute atomic E-state index is 0.0291. The van der Waals surface area contributed by atoms with Gasteiger partial charge in [0.05, 0.1) is 16.8 Å². The lowest BCUT2D eigenvalue weighted by atomic mass is 9.96. The largest absolute Gasteiger partial charge is 0.463 e. The molecular weight excluding hydrogens is 391 g/mol. The second kappa shape index (κ2) is 6.84. The van der Waals surface area contributed by atoms with Gasteiger partial charge in [-0.2, -0.15) is 5.10 Å². The molecule has 0 radical (unpaired) electrons. The van der Waals surface area contributed by atoms with E-state index in [0.717, 1.165) is 28.8 Å². The van der Waals surface area contributed by atoms with Gasteiger partial charge in [-0.25, -0.2) is 5.01 Å². The first-order valence-electron chi connectivity index (χ1n) is 9.23. The quantitative estimate of drug-likeness (QED) is 0.480. The van der Waals surface area contributed by atoms with E-state index in [2.05, 4.69) is 43.3 Å². The van der Waals surface area contributed by atoms with Crippen molar-refractivity contribution >= 4 is 28.9 Å². The predicted octanol–water partition coefficient (Wildman–Crippen LogP) is 6.54. The van der Waals surface area contributed by atoms with Crippen molar-refractivity contribution in [1.82, 2.24) is 5.01 Å². The Labute approximate surface area is 174 Å². The number of ether oxygens (including phenoxy) is 1. The molecule has 5 rings (SSSR count). The van der Waals surface area contributed by atoms with Crippen molar-refractivity contribution in [2.75, 3.05) is 0 Å². The number of hydrogen-bond donors (Lipinski definition) is 0. The second-order valence-corrected chi connectivity index (χ2v) is 8.04. The van der Waals surface area contributed by atoms with Crippen LogP contribution in [0.2, 0.25) is 10.0 Å². The molecule has 0 aliphatic carbocycles. The van der Waals surface area contributed by atoms with Gasteiger partial charge in [0.25, 0.3) is 0 Å². The Morgan fingerprint density at radius 1 is 1.00 bits per heavy atom. The zero-order valence-corrected chi connectivity index (χ0v) is 16.8. The summed E-state index contributed by atoms with van der Waals surface area (Å²) in [6.45, 7) is 2.07. The molecule has 0 spiro atoms. The first-order chi connectivity index (χ1) is 13.6. The molecule has 0 unspecified atom stereocenters. The molecule has 0 fully saturated rings. The van der Waals surface area contributed by atoms with Crippen molar-refractivity contribution < 1.29 is 4.74 Å². The maximum atomic E-state index is 6.50. The van der Waals surface area contributed by atoms with Crippen molar-refractivity contribution in [1.29, 1.82) is 0 Å². The Morgan fingerprint density at radius 2 is 1.75 bits per heavy atom. The first-order valence-corrected chi connectivity index (χ1v) is 9.99. The summed E-state index contributed by atoms with van der Waals surface area (Å²) in [6.07, 6.45) is 0.442. The van der Waals surface area contributed by atoms with Crippen LogP contribution in [0, 0.1) is 6.92 Å². The summed E-state index contributed by atoms with van der Waals surface area (Å²) in [5, 5.41) is 8.14. The molecule has 0 bridgehead atoms. The third-order valence-electron chi connectivity index (χ3n) is 5.28. The molecule has 0 saturated heterocycles. The fourth-order valence-electron chi connectivity index (χ4n) is 3.87. The molecule has 0 amide bonds. The number of fused-ring (bicyclic) bond motifs is 3. The molecule has 5 heteroatoms. The SMILES string of the molecule is Cc1ccc([C@@H]2Oc3c(Cl)cc(Cl)cc3[C@H]3CC(c4ccccc4)=NN32)cc1. The lowest BCUT2D eigenvalue weighted by molar-refractivity contribution is -0.0189. The van der Waals surface area contributed by atoms with Crippen LogP contribution in [0.15, 0.2) is 71.8 Å². The van der Waals surface area contributed by atoms with Gasteiger partial charge in [0, 0.05) is 22.6 Å². The maximum absolute atomic E-state index is 6.50. The van der Waals surface area contributed by atoms with E-state index >= 15 is 0 Å². The average molecular weight is 409 g/mol. The Bertz CT molecular complexity index is 1060. The second-order valence-electron chi connectivity index (χ2n) is 7.20. The number of hydrazone groups is 1. The minimum atomic E-state index is -0.335. The number of benzene rings is 3. The molecule has 2 aliphatic rings. The molecule has 140 valence electrons. The predicted molar refractivity (Wildman–Crippen MR) is 113 cm³/mol. The molecule has 2 aliphatic heterocycles. The van der Waals surface area contributed by atoms with Crippen LogP contribution >= 0.6 is 23.2 Å². The minimum Gasteiger partial charge on any atom is -0.463 e. The van der Waals surface area contributed by atoms with Crippen molar-refractivity contribution in [3.63, 3.8) is 0 Å². The van der Waals surface area contributed by atoms with Crippen LogP contribution in [0.3, 0.4) is 0 Å². The van der Waals surface area contributed by atoms with Crippen molar-refractivity contribution in [3.05, 3.63) is 99.0 Å². The zero-order valence-electron chi connectivity index (χ0n) is 15.3. The molecular formula is C23H18Cl2N2O. The summed E-state index contributed by atoms with van der Waals surface area (Å²) in [4.78, 5) is 0. The van der Waals surface area contributed by atoms with Crippen LogP contribution in [0.1, 0.15) is 40.9 Å². The Hall–Kier alpha value is -2.49. The Kier molecular flexibility index (Phi) is 4.30. The normalized spacial score (nSPS) is 20.2. The Morgan fingerprint density at radius 3 is 2.50 bits per heavy atom. The van der Waals surface area contributed by atoms with Crippen molar-refractivity contribution in [3.8, 4) is 5.75 Å². The maximum Gasteiger partial charge on any atom is 0.213 e. The number of nitrogens with zero attached hydrogens (tertiary/aromatic N) is 2. The van der Waals surface area contributed by atoms with E-state index in [1.165, 1.54) is 5.56 Å². The van der Waals surface area contributed by atoms with Crippen LogP contribution in [0.4, 0.5) is 0 Å². The van der Waals surface area contributed by atoms with E-state index in [1.54, 1.807) is 6.07 Å². The highest BCUT2D eigenvalue weighted by Crippen LogP contribution is 2.50. The van der Waals surface area contributed by atoms with Gasteiger partial charge in [-0.3, -0.25) is 0 Å². The Balaban J connectivity index is 1.63. The summed E-state index contributed by atoms with van der Waals surface area (Å²) in [5.74, 6) is 0.697. The van der Waals surface area contributed by atoms with Crippen LogP contribution in [-0.2, 0) is 0 Å². The number of halogens is 2. The molecule has 0 aromatic heterocycles. The number of rotatable bonds is 2. The third kappa shape index (κ3) is 2.95. The highest BCUT2D eigenvalue weighted by atomic mass is 35.5. The van der Waals surface area contributed by atoms with Gasteiger partial charge >= 0.3 is 0 Å². The number of aryl methyl sites for hydroxylation is 1. The molecule has 28 heavy (non-hydrogen) atoms. The van der Waals surface area contributed by atoms with E-state index in [9.17, 15) is 0 Å². The monoisotopic (exact) mass is 408 g/mol. The van der Waals surface area contributed by atoms with Crippen LogP contribution in [0.5, 0.6) is 5.75 Å². The standard InChI is InChI=1S/C23H18Cl2N2O/c1-14-7-9-16(10-8-14)23-27-21(13-20(26-27)15-5-3-2-4-6-15)18-11-17(24)12-19(25)22(18)28-23/h2-12,21,23H,13H2,1H3/t21-,23+/m1/s1. The summed E-state index contributed by atoms with van der Waals surface area (Å²) in [7, 11) is 0. The molecule has 3 aromatic carbocycles. The van der Waals surface area contributed by atoms with Gasteiger partial charge in [0.2, 0.25) is 6.23 Å². The molecule has 2 heterocycles. The lowest BCUT2D eigenvalue weighted by Crippen LogP contribution is -2.33. The summed E-state index contributed by atoms with van der Waals surface area (Å²) >= 11 is 12.8. The van der Waals surface area contributed by atoms with E-state index in [4.69, 9.17) is 33.0 Å². The van der Waals surface area contributed by atoms with Gasteiger partial charge in [-0.05, 0) is 24.6 Å². The van der Waals surface area contributed by atoms with E-state index in [-0.39, 0.29) is 12.3 Å². The van der Waals surface area contributed by atoms with Gasteiger partial charge in [0.15, 0.2) is 0 Å². The fraction of sp³-hybridized carbons (Fsp3) is 0.174. The lowest BCUT2D eigenvalue weighted by Gasteiger charge is -2.38. The van der Waals surface area contributed by atoms with Crippen molar-refractivity contribution in [2.45, 2.75) is 25.6 Å². The summed E-state index contributed by atoms with van der Waals surface area (Å²) in [6, 6.07) is 22.3. The van der Waals surface area contributed by atoms with E-state index < -0.39 is 0 Å². The average Bonchev–Trinajstić information content (AvgIpc) is 3.15. The molecule has 0 saturated carbocycles. The molecule has 0 N–H and O–H groups in total. The van der Waals surface area contributed by atoms with Gasteiger partial charge in [0.1, 0.15) is 5.75 Å². The summed E-state index contributed by atoms with van der Waals surface area (Å²) < 4.78 is 6.37. The molecule has 3 aromatic rings. The zero-order chi connectivity index (χ0) is 19.3. The fourth-order valence-corrected chi connectivity index (χ4v) is 4.42. The van der Waals surface area contributed by atoms with E-state index in [0.29, 0.717) is 15.8 Å². The highest BCUT2D eigenvalue weighted by Gasteiger charge is 2.42. The highest BCUT2D eigenvalue weighted by molar-refractivity contribution is 6.35. The van der Waals surface area contributed by atoms with Crippen LogP contribution < -0.4 is 4.74 Å². The van der Waals surface area contributed by atoms with Crippen LogP contribution in [0.25, 0.3) is 0 Å². The smallest absolute Gasteiger partial charge is 0.213 e. The number of hydrogen-bond acceptors (Lipinski definition) is 3. The van der Waals surface area contributed by atoms with Gasteiger partial charge in [-0.1, -0.05) is 83.4 Å². The molecule has 2 atom stereocenters. The van der Waals surface area contributed by atoms with E-state index in [1.807, 2.05) is 29.3 Å². The topological polar surface area (TPSA) is 24.8 Å². The van der Waals surface area contributed by atoms with Crippen LogP contribution in [-0.4, -0.2) is 10.7 Å². The first kappa shape index (κ1) is 17.6. The summed E-state index contributed by atoms with van der Waals surface area (Å²) in [5.41, 5.74) is 5.39. The van der Waals surface area contributed by atoms with Gasteiger partial charge in [-0.15, -0.1) is 0 Å². The van der Waals surface area contributed by atoms with Crippen molar-refractivity contribution in [2.24, 2.45) is 5.10 Å². The third-order valence-corrected chi connectivity index (χ3v) is 5.78.